The zero-order valence-electron chi connectivity index (χ0n) is 3.78. The summed E-state index contributed by atoms with van der Waals surface area (Å²) in [6.45, 7) is 3.97. The molecule has 1 amide bonds. The molecule has 2 nitrogen and oxygen atoms in total. The summed E-state index contributed by atoms with van der Waals surface area (Å²) in [4.78, 5) is 10.0. The van der Waals surface area contributed by atoms with Crippen LogP contribution in [0.25, 0.3) is 0 Å². The summed E-state index contributed by atoms with van der Waals surface area (Å²) in [5.41, 5.74) is 0. The molecule has 0 aliphatic carbocycles. The Morgan fingerprint density at radius 1 is 2.00 bits per heavy atom. The first-order valence-corrected chi connectivity index (χ1v) is 2.89. The average molecular weight is 211 g/mol. The van der Waals surface area contributed by atoms with E-state index in [-0.39, 0.29) is 3.91 Å². The molecule has 0 saturated carbocycles. The lowest BCUT2D eigenvalue weighted by atomic mass is 10.6. The molecule has 0 rings (SSSR count). The molecule has 0 aromatic rings. The predicted octanol–water partition coefficient (Wildman–Crippen LogP) is 1.32. The van der Waals surface area contributed by atoms with Gasteiger partial charge in [0.05, 0.1) is 0 Å². The van der Waals surface area contributed by atoms with E-state index in [9.17, 15) is 4.79 Å². The summed E-state index contributed by atoms with van der Waals surface area (Å²) < 4.78 is -0.0440. The van der Waals surface area contributed by atoms with Crippen molar-refractivity contribution in [1.82, 2.24) is 5.32 Å². The Bertz CT molecular complexity index is 81.8. The van der Waals surface area contributed by atoms with E-state index in [4.69, 9.17) is 0 Å². The second kappa shape index (κ2) is 4.11. The lowest BCUT2D eigenvalue weighted by Crippen LogP contribution is -2.14. The summed E-state index contributed by atoms with van der Waals surface area (Å²) in [7, 11) is 0. The van der Waals surface area contributed by atoms with Crippen molar-refractivity contribution in [2.75, 3.05) is 6.54 Å². The Morgan fingerprint density at radius 3 is 2.71 bits per heavy atom. The fourth-order valence-corrected chi connectivity index (χ4v) is 0.373. The van der Waals surface area contributed by atoms with E-state index in [0.717, 1.165) is 0 Å². The van der Waals surface area contributed by atoms with E-state index in [1.807, 2.05) is 0 Å². The van der Waals surface area contributed by atoms with Gasteiger partial charge >= 0.3 is 0 Å². The number of rotatable bonds is 2. The van der Waals surface area contributed by atoms with Crippen LogP contribution in [0, 0.1) is 0 Å². The SMILES string of the molecule is C=CCNC(=O)I. The molecule has 0 heterocycles. The maximum atomic E-state index is 10.0. The highest BCUT2D eigenvalue weighted by Gasteiger charge is 1.83. The van der Waals surface area contributed by atoms with Crippen molar-refractivity contribution in [2.45, 2.75) is 0 Å². The van der Waals surface area contributed by atoms with Crippen molar-refractivity contribution >= 4 is 26.5 Å². The van der Waals surface area contributed by atoms with Crippen molar-refractivity contribution in [3.05, 3.63) is 12.7 Å². The molecule has 0 aliphatic rings. The number of nitrogens with one attached hydrogen (secondary N) is 1. The maximum Gasteiger partial charge on any atom is 0.280 e. The Kier molecular flexibility index (Phi) is 4.07. The van der Waals surface area contributed by atoms with Gasteiger partial charge in [-0.25, -0.2) is 0 Å². The largest absolute Gasteiger partial charge is 0.344 e. The first-order chi connectivity index (χ1) is 3.27. The Balaban J connectivity index is 2.97. The molecule has 0 aromatic carbocycles. The maximum absolute atomic E-state index is 10.0. The lowest BCUT2D eigenvalue weighted by Gasteiger charge is -1.88. The highest BCUT2D eigenvalue weighted by Crippen LogP contribution is 1.80. The number of carbonyl (C=O) groups is 1. The summed E-state index contributed by atoms with van der Waals surface area (Å²) in [6, 6.07) is 0. The average Bonchev–Trinajstić information content (AvgIpc) is 1.61. The molecule has 3 heteroatoms. The lowest BCUT2D eigenvalue weighted by molar-refractivity contribution is 0.264. The molecule has 0 unspecified atom stereocenters. The molecule has 40 valence electrons. The van der Waals surface area contributed by atoms with Gasteiger partial charge in [-0.05, 0) is 0 Å². The van der Waals surface area contributed by atoms with Crippen molar-refractivity contribution < 1.29 is 4.79 Å². The van der Waals surface area contributed by atoms with Gasteiger partial charge in [0.15, 0.2) is 0 Å². The highest BCUT2D eigenvalue weighted by atomic mass is 127. The highest BCUT2D eigenvalue weighted by molar-refractivity contribution is 14.1. The summed E-state index contributed by atoms with van der Waals surface area (Å²) in [5.74, 6) is 0. The van der Waals surface area contributed by atoms with Gasteiger partial charge in [-0.1, -0.05) is 6.08 Å². The van der Waals surface area contributed by atoms with Crippen LogP contribution in [0.4, 0.5) is 4.79 Å². The van der Waals surface area contributed by atoms with Gasteiger partial charge in [-0.15, -0.1) is 6.58 Å². The van der Waals surface area contributed by atoms with Crippen molar-refractivity contribution in [3.8, 4) is 0 Å². The minimum absolute atomic E-state index is 0.0440. The Labute approximate surface area is 56.1 Å². The normalized spacial score (nSPS) is 7.57. The van der Waals surface area contributed by atoms with Gasteiger partial charge in [0.2, 0.25) is 0 Å². The Hall–Kier alpha value is -0.0600. The first-order valence-electron chi connectivity index (χ1n) is 1.81. The van der Waals surface area contributed by atoms with Gasteiger partial charge in [-0.3, -0.25) is 4.79 Å². The molecule has 0 aromatic heterocycles. The number of halogens is 1. The summed E-state index contributed by atoms with van der Waals surface area (Å²) >= 11 is 1.67. The van der Waals surface area contributed by atoms with E-state index >= 15 is 0 Å². The minimum atomic E-state index is -0.0440. The van der Waals surface area contributed by atoms with Gasteiger partial charge in [0, 0.05) is 29.1 Å². The third kappa shape index (κ3) is 5.94. The van der Waals surface area contributed by atoms with Crippen LogP contribution in [0.5, 0.6) is 0 Å². The molecule has 0 atom stereocenters. The van der Waals surface area contributed by atoms with E-state index in [1.165, 1.54) is 0 Å². The van der Waals surface area contributed by atoms with Crippen molar-refractivity contribution in [1.29, 1.82) is 0 Å². The molecule has 0 bridgehead atoms. The molecule has 1 N–H and O–H groups in total. The van der Waals surface area contributed by atoms with Crippen LogP contribution in [-0.4, -0.2) is 10.5 Å². The molecule has 0 radical (unpaired) electrons. The van der Waals surface area contributed by atoms with Crippen LogP contribution in [0.3, 0.4) is 0 Å². The fourth-order valence-electron chi connectivity index (χ4n) is 0.152. The third-order valence-electron chi connectivity index (χ3n) is 0.385. The smallest absolute Gasteiger partial charge is 0.280 e. The van der Waals surface area contributed by atoms with Crippen LogP contribution in [0.2, 0.25) is 0 Å². The van der Waals surface area contributed by atoms with Crippen LogP contribution >= 0.6 is 22.6 Å². The van der Waals surface area contributed by atoms with Gasteiger partial charge in [-0.2, -0.15) is 0 Å². The standard InChI is InChI=1S/C4H6INO/c1-2-3-6-4(5)7/h2H,1,3H2,(H,6,7). The number of hydrogen-bond acceptors (Lipinski definition) is 1. The molecule has 7 heavy (non-hydrogen) atoms. The number of hydrogen-bond donors (Lipinski definition) is 1. The minimum Gasteiger partial charge on any atom is -0.344 e. The van der Waals surface area contributed by atoms with Gasteiger partial charge in [0.25, 0.3) is 3.91 Å². The summed E-state index contributed by atoms with van der Waals surface area (Å²) in [5, 5.41) is 2.52. The zero-order valence-corrected chi connectivity index (χ0v) is 5.94. The van der Waals surface area contributed by atoms with Crippen LogP contribution in [0.1, 0.15) is 0 Å². The van der Waals surface area contributed by atoms with E-state index in [2.05, 4.69) is 11.9 Å². The van der Waals surface area contributed by atoms with E-state index < -0.39 is 0 Å². The van der Waals surface area contributed by atoms with E-state index in [0.29, 0.717) is 6.54 Å². The monoisotopic (exact) mass is 211 g/mol. The second-order valence-electron chi connectivity index (χ2n) is 0.943. The second-order valence-corrected chi connectivity index (χ2v) is 1.92. The third-order valence-corrected chi connectivity index (χ3v) is 0.767. The molecular weight excluding hydrogens is 205 g/mol. The number of carbonyl (C=O) groups excluding carboxylic acids is 1. The predicted molar refractivity (Wildman–Crippen MR) is 37.6 cm³/mol. The molecule has 0 aliphatic heterocycles. The molecular formula is C4H6INO. The van der Waals surface area contributed by atoms with Crippen molar-refractivity contribution in [2.24, 2.45) is 0 Å². The van der Waals surface area contributed by atoms with E-state index in [1.54, 1.807) is 28.7 Å². The van der Waals surface area contributed by atoms with Crippen LogP contribution in [0.15, 0.2) is 12.7 Å². The van der Waals surface area contributed by atoms with Crippen molar-refractivity contribution in [3.63, 3.8) is 0 Å². The fraction of sp³-hybridized carbons (Fsp3) is 0.250. The first kappa shape index (κ1) is 6.94. The number of amides is 1. The summed E-state index contributed by atoms with van der Waals surface area (Å²) in [6.07, 6.45) is 1.64. The van der Waals surface area contributed by atoms with Crippen LogP contribution in [-0.2, 0) is 0 Å². The van der Waals surface area contributed by atoms with Gasteiger partial charge in [0.1, 0.15) is 0 Å². The van der Waals surface area contributed by atoms with Crippen LogP contribution < -0.4 is 5.32 Å². The molecule has 0 spiro atoms. The quantitative estimate of drug-likeness (QED) is 0.317. The molecule has 0 saturated heterocycles. The Morgan fingerprint density at radius 2 is 2.57 bits per heavy atom. The zero-order chi connectivity index (χ0) is 5.70. The topological polar surface area (TPSA) is 29.1 Å². The van der Waals surface area contributed by atoms with Gasteiger partial charge < -0.3 is 5.32 Å². The molecule has 0 fully saturated rings.